The van der Waals surface area contributed by atoms with E-state index in [-0.39, 0.29) is 0 Å². The number of aromatic nitrogens is 3. The first-order chi connectivity index (χ1) is 64.5. The molecule has 3 heteroatoms. The molecule has 0 bridgehead atoms. The van der Waals surface area contributed by atoms with Crippen molar-refractivity contribution < 1.29 is 0 Å². The van der Waals surface area contributed by atoms with Gasteiger partial charge in [-0.05, 0) is 272 Å². The Labute approximate surface area is 751 Å². The average Bonchev–Trinajstić information content (AvgIpc) is 1.60. The lowest BCUT2D eigenvalue weighted by Gasteiger charge is -2.14. The van der Waals surface area contributed by atoms with Gasteiger partial charge in [0.05, 0.1) is 38.8 Å². The molecule has 0 radical (unpaired) electrons. The Morgan fingerprint density at radius 2 is 0.362 bits per heavy atom. The maximum absolute atomic E-state index is 2.47. The molecule has 0 spiro atoms. The van der Waals surface area contributed by atoms with E-state index < -0.39 is 0 Å². The molecular formula is C127H81N3. The zero-order valence-electron chi connectivity index (χ0n) is 71.2. The van der Waals surface area contributed by atoms with Crippen LogP contribution in [0.15, 0.2) is 479 Å². The van der Waals surface area contributed by atoms with E-state index in [1.165, 1.54) is 257 Å². The first-order valence-corrected chi connectivity index (χ1v) is 45.1. The van der Waals surface area contributed by atoms with Gasteiger partial charge in [0.25, 0.3) is 0 Å². The van der Waals surface area contributed by atoms with Crippen molar-refractivity contribution in [3.8, 4) is 83.8 Å². The molecule has 28 rings (SSSR count). The molecule has 0 saturated heterocycles. The van der Waals surface area contributed by atoms with Crippen LogP contribution in [0.25, 0.3) is 246 Å². The third-order valence-corrected chi connectivity index (χ3v) is 27.8. The van der Waals surface area contributed by atoms with Gasteiger partial charge in [0.2, 0.25) is 0 Å². The number of hydrogen-bond acceptors (Lipinski definition) is 0. The molecule has 3 heterocycles. The maximum Gasteiger partial charge on any atom is 0.0541 e. The highest BCUT2D eigenvalue weighted by Gasteiger charge is 2.28. The highest BCUT2D eigenvalue weighted by atomic mass is 15.0. The summed E-state index contributed by atoms with van der Waals surface area (Å²) in [5.41, 5.74) is 28.9. The molecule has 1 aliphatic rings. The standard InChI is InChI=1S/C43H27N.2C42H27N/c1-2-13-31-29(11-1)30-12-3-4-14-32(30)38-25-27(23-24-35(31)38)28-17-9-18-33-34-19-10-22-43(40(34)26-39(28)33)44-41-20-7-5-15-36(41)37-16-6-8-21-42(37)44;1-2-17-35-33(15-1)34-16-3-4-18-36(34)40-27-31(23-24-37(35)40)29-12-9-11-28(25-29)30-13-10-14-32(26-30)43-41-21-7-5-19-38(41)39-20-6-8-22-42(39)43;1-2-14-35-33(12-1)34-13-3-4-15-36(34)40-27-31(22-25-37(35)40)30-11-9-10-29(26-30)28-20-23-32(24-21-28)43-41-18-7-5-16-38(41)39-17-6-8-19-42(39)43/h1-25H,26H2;2*1-27H. The molecule has 24 aromatic carbocycles. The lowest BCUT2D eigenvalue weighted by Crippen LogP contribution is -1.99. The van der Waals surface area contributed by atoms with Crippen LogP contribution in [0, 0.1) is 0 Å². The molecule has 604 valence electrons. The molecule has 0 unspecified atom stereocenters. The van der Waals surface area contributed by atoms with E-state index in [1.807, 2.05) is 0 Å². The molecule has 0 amide bonds. The Morgan fingerprint density at radius 1 is 0.123 bits per heavy atom. The van der Waals surface area contributed by atoms with Crippen LogP contribution >= 0.6 is 0 Å². The molecular weight excluding hydrogens is 1570 g/mol. The predicted octanol–water partition coefficient (Wildman–Crippen LogP) is 34.6. The summed E-state index contributed by atoms with van der Waals surface area (Å²) in [7, 11) is 0. The van der Waals surface area contributed by atoms with Crippen molar-refractivity contribution in [2.24, 2.45) is 0 Å². The maximum atomic E-state index is 2.47. The zero-order chi connectivity index (χ0) is 85.4. The summed E-state index contributed by atoms with van der Waals surface area (Å²) < 4.78 is 7.23. The molecule has 0 fully saturated rings. The Balaban J connectivity index is 0.000000103. The number of para-hydroxylation sites is 6. The van der Waals surface area contributed by atoms with Crippen LogP contribution in [-0.2, 0) is 6.42 Å². The number of benzene rings is 24. The van der Waals surface area contributed by atoms with Crippen LogP contribution in [0.3, 0.4) is 0 Å². The molecule has 130 heavy (non-hydrogen) atoms. The summed E-state index contributed by atoms with van der Waals surface area (Å²) in [6.07, 6.45) is 0.911. The largest absolute Gasteiger partial charge is 0.309 e. The van der Waals surface area contributed by atoms with Crippen molar-refractivity contribution in [3.63, 3.8) is 0 Å². The van der Waals surface area contributed by atoms with Crippen molar-refractivity contribution in [1.29, 1.82) is 0 Å². The first-order valence-electron chi connectivity index (χ1n) is 45.1. The van der Waals surface area contributed by atoms with Gasteiger partial charge in [-0.25, -0.2) is 0 Å². The van der Waals surface area contributed by atoms with Gasteiger partial charge in [-0.15, -0.1) is 0 Å². The smallest absolute Gasteiger partial charge is 0.0541 e. The Kier molecular flexibility index (Phi) is 17.4. The quantitative estimate of drug-likeness (QED) is 0.135. The average molecular weight is 1650 g/mol. The number of hydrogen-bond donors (Lipinski definition) is 0. The van der Waals surface area contributed by atoms with Crippen molar-refractivity contribution in [1.82, 2.24) is 13.7 Å². The number of nitrogens with zero attached hydrogens (tertiary/aromatic N) is 3. The van der Waals surface area contributed by atoms with Crippen LogP contribution in [0.2, 0.25) is 0 Å². The topological polar surface area (TPSA) is 14.8 Å². The lowest BCUT2D eigenvalue weighted by atomic mass is 9.90. The summed E-state index contributed by atoms with van der Waals surface area (Å²) in [4.78, 5) is 0. The van der Waals surface area contributed by atoms with Crippen LogP contribution in [0.4, 0.5) is 0 Å². The van der Waals surface area contributed by atoms with Crippen molar-refractivity contribution >= 4 is 162 Å². The van der Waals surface area contributed by atoms with Gasteiger partial charge in [0.15, 0.2) is 0 Å². The molecule has 1 aliphatic carbocycles. The molecule has 3 nitrogen and oxygen atoms in total. The van der Waals surface area contributed by atoms with Crippen molar-refractivity contribution in [2.75, 3.05) is 0 Å². The number of fused-ring (bicyclic) bond motifs is 30. The fraction of sp³-hybridized carbons (Fsp3) is 0.00787. The fourth-order valence-corrected chi connectivity index (χ4v) is 21.9. The second-order valence-corrected chi connectivity index (χ2v) is 34.7. The summed E-state index contributed by atoms with van der Waals surface area (Å²) in [5, 5.41) is 31.2. The highest BCUT2D eigenvalue weighted by molar-refractivity contribution is 6.29. The second-order valence-electron chi connectivity index (χ2n) is 34.7. The van der Waals surface area contributed by atoms with E-state index in [1.54, 1.807) is 0 Å². The summed E-state index contributed by atoms with van der Waals surface area (Å²) in [6.45, 7) is 0. The van der Waals surface area contributed by atoms with Crippen LogP contribution in [-0.4, -0.2) is 13.7 Å². The second kappa shape index (κ2) is 30.4. The monoisotopic (exact) mass is 1650 g/mol. The van der Waals surface area contributed by atoms with Gasteiger partial charge in [0, 0.05) is 50.1 Å². The van der Waals surface area contributed by atoms with Crippen molar-refractivity contribution in [2.45, 2.75) is 6.42 Å². The lowest BCUT2D eigenvalue weighted by molar-refractivity contribution is 1.12. The summed E-state index contributed by atoms with van der Waals surface area (Å²) >= 11 is 0. The minimum Gasteiger partial charge on any atom is -0.309 e. The summed E-state index contributed by atoms with van der Waals surface area (Å²) in [5.74, 6) is 0. The van der Waals surface area contributed by atoms with E-state index in [0.29, 0.717) is 0 Å². The highest BCUT2D eigenvalue weighted by Crippen LogP contribution is 2.49. The SMILES string of the molecule is c1cc(-c2ccc(-n3c4ccccc4c4ccccc43)cc2)cc(-c2ccc3c4ccccc4c4ccccc4c3c2)c1.c1cc(-c2ccc3c4ccccc4c4ccccc4c3c2)c2c(c1)-c1cccc(-n3c4ccccc4c4ccccc43)c1C2.c1cc(-c2cccc(-n3c4ccccc4c4ccccc43)c2)cc(-c2ccc3c4ccccc4c4ccccc4c3c2)c1. The van der Waals surface area contributed by atoms with Gasteiger partial charge >= 0.3 is 0 Å². The van der Waals surface area contributed by atoms with E-state index in [9.17, 15) is 0 Å². The van der Waals surface area contributed by atoms with E-state index in [0.717, 1.165) is 6.42 Å². The minimum atomic E-state index is 0.911. The molecule has 0 aliphatic heterocycles. The zero-order valence-corrected chi connectivity index (χ0v) is 71.2. The van der Waals surface area contributed by atoms with Crippen LogP contribution < -0.4 is 0 Å². The van der Waals surface area contributed by atoms with Crippen molar-refractivity contribution in [3.05, 3.63) is 490 Å². The molecule has 0 N–H and O–H groups in total. The predicted molar refractivity (Wildman–Crippen MR) is 555 cm³/mol. The molecule has 0 atom stereocenters. The third kappa shape index (κ3) is 12.0. The molecule has 0 saturated carbocycles. The third-order valence-electron chi connectivity index (χ3n) is 27.8. The van der Waals surface area contributed by atoms with Gasteiger partial charge in [0.1, 0.15) is 0 Å². The fourth-order valence-electron chi connectivity index (χ4n) is 21.9. The molecule has 27 aromatic rings. The normalized spacial score (nSPS) is 12.0. The Hall–Kier alpha value is -17.0. The van der Waals surface area contributed by atoms with Gasteiger partial charge < -0.3 is 13.7 Å². The van der Waals surface area contributed by atoms with Gasteiger partial charge in [-0.2, -0.15) is 0 Å². The Morgan fingerprint density at radius 3 is 0.731 bits per heavy atom. The van der Waals surface area contributed by atoms with E-state index >= 15 is 0 Å². The Bertz CT molecular complexity index is 9090. The summed E-state index contributed by atoms with van der Waals surface area (Å²) in [6, 6.07) is 176. The van der Waals surface area contributed by atoms with Crippen LogP contribution in [0.5, 0.6) is 0 Å². The van der Waals surface area contributed by atoms with Gasteiger partial charge in [-0.3, -0.25) is 0 Å². The van der Waals surface area contributed by atoms with Crippen LogP contribution in [0.1, 0.15) is 11.1 Å². The first kappa shape index (κ1) is 74.4. The van der Waals surface area contributed by atoms with E-state index in [2.05, 4.69) is 493 Å². The number of rotatable bonds is 8. The van der Waals surface area contributed by atoms with E-state index in [4.69, 9.17) is 0 Å². The van der Waals surface area contributed by atoms with Gasteiger partial charge in [-0.1, -0.05) is 382 Å². The molecule has 3 aromatic heterocycles. The minimum absolute atomic E-state index is 0.911.